The van der Waals surface area contributed by atoms with E-state index in [1.807, 2.05) is 26.0 Å². The summed E-state index contributed by atoms with van der Waals surface area (Å²) in [5, 5.41) is 9.83. The van der Waals surface area contributed by atoms with Gasteiger partial charge in [0.05, 0.1) is 5.60 Å². The van der Waals surface area contributed by atoms with Crippen LogP contribution in [0.3, 0.4) is 0 Å². The third-order valence-corrected chi connectivity index (χ3v) is 3.33. The Labute approximate surface area is 115 Å². The molecule has 5 nitrogen and oxygen atoms in total. The van der Waals surface area contributed by atoms with Crippen molar-refractivity contribution >= 4 is 5.82 Å². The van der Waals surface area contributed by atoms with Crippen LogP contribution >= 0.6 is 0 Å². The van der Waals surface area contributed by atoms with E-state index in [9.17, 15) is 5.11 Å². The third-order valence-electron chi connectivity index (χ3n) is 3.33. The molecule has 1 aromatic rings. The minimum Gasteiger partial charge on any atom is -0.389 e. The van der Waals surface area contributed by atoms with Crippen LogP contribution in [0.1, 0.15) is 19.4 Å². The van der Waals surface area contributed by atoms with Gasteiger partial charge in [-0.3, -0.25) is 9.80 Å². The van der Waals surface area contributed by atoms with E-state index in [1.54, 1.807) is 6.20 Å². The molecule has 0 amide bonds. The number of pyridine rings is 1. The molecule has 0 saturated carbocycles. The van der Waals surface area contributed by atoms with Crippen LogP contribution in [0.2, 0.25) is 0 Å². The van der Waals surface area contributed by atoms with Gasteiger partial charge in [0.2, 0.25) is 0 Å². The molecule has 1 aliphatic rings. The fraction of sp³-hybridized carbons (Fsp3) is 0.643. The molecule has 106 valence electrons. The average Bonchev–Trinajstić information content (AvgIpc) is 2.30. The van der Waals surface area contributed by atoms with Crippen LogP contribution in [-0.4, -0.2) is 58.2 Å². The number of aliphatic hydroxyl groups is 1. The first-order valence-corrected chi connectivity index (χ1v) is 6.80. The second kappa shape index (κ2) is 5.86. The Bertz CT molecular complexity index is 408. The molecular weight excluding hydrogens is 240 g/mol. The van der Waals surface area contributed by atoms with E-state index in [0.717, 1.165) is 39.3 Å². The highest BCUT2D eigenvalue weighted by Gasteiger charge is 2.22. The minimum absolute atomic E-state index is 0.582. The summed E-state index contributed by atoms with van der Waals surface area (Å²) >= 11 is 0. The SMILES string of the molecule is CC(C)(O)CN1CCN(Cc2ccnc(N)c2)CC1. The number of nitrogens with two attached hydrogens (primary N) is 1. The van der Waals surface area contributed by atoms with Crippen molar-refractivity contribution in [2.45, 2.75) is 26.0 Å². The van der Waals surface area contributed by atoms with Gasteiger partial charge in [0, 0.05) is 45.5 Å². The van der Waals surface area contributed by atoms with E-state index in [2.05, 4.69) is 14.8 Å². The van der Waals surface area contributed by atoms with Crippen LogP contribution in [-0.2, 0) is 6.54 Å². The van der Waals surface area contributed by atoms with Crippen molar-refractivity contribution < 1.29 is 5.11 Å². The van der Waals surface area contributed by atoms with Gasteiger partial charge in [-0.25, -0.2) is 4.98 Å². The largest absolute Gasteiger partial charge is 0.389 e. The van der Waals surface area contributed by atoms with Gasteiger partial charge in [0.15, 0.2) is 0 Å². The summed E-state index contributed by atoms with van der Waals surface area (Å²) in [7, 11) is 0. The summed E-state index contributed by atoms with van der Waals surface area (Å²) < 4.78 is 0. The normalized spacial score (nSPS) is 18.7. The van der Waals surface area contributed by atoms with E-state index >= 15 is 0 Å². The predicted molar refractivity (Wildman–Crippen MR) is 76.7 cm³/mol. The van der Waals surface area contributed by atoms with Crippen molar-refractivity contribution in [3.8, 4) is 0 Å². The second-order valence-electron chi connectivity index (χ2n) is 5.95. The molecule has 1 fully saturated rings. The summed E-state index contributed by atoms with van der Waals surface area (Å²) in [5.41, 5.74) is 6.29. The fourth-order valence-electron chi connectivity index (χ4n) is 2.50. The molecule has 0 bridgehead atoms. The molecule has 5 heteroatoms. The topological polar surface area (TPSA) is 65.6 Å². The van der Waals surface area contributed by atoms with Gasteiger partial charge >= 0.3 is 0 Å². The molecule has 0 spiro atoms. The number of nitrogens with zero attached hydrogens (tertiary/aromatic N) is 3. The lowest BCUT2D eigenvalue weighted by Gasteiger charge is -2.37. The predicted octanol–water partition coefficient (Wildman–Crippen LogP) is 0.552. The van der Waals surface area contributed by atoms with E-state index in [0.29, 0.717) is 5.82 Å². The number of piperazine rings is 1. The molecule has 2 rings (SSSR count). The van der Waals surface area contributed by atoms with Gasteiger partial charge in [-0.05, 0) is 31.5 Å². The van der Waals surface area contributed by atoms with Gasteiger partial charge in [0.1, 0.15) is 5.82 Å². The number of β-amino-alcohol motifs (C(OH)–C–C–N with tert-alkyl or cyclic N) is 1. The number of rotatable bonds is 4. The number of aromatic nitrogens is 1. The van der Waals surface area contributed by atoms with Crippen molar-refractivity contribution in [2.24, 2.45) is 0 Å². The lowest BCUT2D eigenvalue weighted by Crippen LogP contribution is -2.50. The maximum Gasteiger partial charge on any atom is 0.123 e. The summed E-state index contributed by atoms with van der Waals surface area (Å²) in [6.07, 6.45) is 1.76. The first-order valence-electron chi connectivity index (χ1n) is 6.80. The standard InChI is InChI=1S/C14H24N4O/c1-14(2,19)11-18-7-5-17(6-8-18)10-12-3-4-16-13(15)9-12/h3-4,9,19H,5-8,10-11H2,1-2H3,(H2,15,16). The molecule has 19 heavy (non-hydrogen) atoms. The Morgan fingerprint density at radius 2 is 1.89 bits per heavy atom. The van der Waals surface area contributed by atoms with E-state index in [-0.39, 0.29) is 0 Å². The van der Waals surface area contributed by atoms with Crippen molar-refractivity contribution in [1.29, 1.82) is 0 Å². The van der Waals surface area contributed by atoms with Gasteiger partial charge in [0.25, 0.3) is 0 Å². The smallest absolute Gasteiger partial charge is 0.123 e. The molecule has 0 radical (unpaired) electrons. The van der Waals surface area contributed by atoms with E-state index in [4.69, 9.17) is 5.73 Å². The molecule has 1 aliphatic heterocycles. The lowest BCUT2D eigenvalue weighted by atomic mass is 10.1. The monoisotopic (exact) mass is 264 g/mol. The Morgan fingerprint density at radius 3 is 2.47 bits per heavy atom. The van der Waals surface area contributed by atoms with Crippen molar-refractivity contribution in [3.63, 3.8) is 0 Å². The molecular formula is C14H24N4O. The van der Waals surface area contributed by atoms with Crippen LogP contribution in [0.25, 0.3) is 0 Å². The van der Waals surface area contributed by atoms with Gasteiger partial charge < -0.3 is 10.8 Å². The van der Waals surface area contributed by atoms with Gasteiger partial charge in [-0.1, -0.05) is 0 Å². The molecule has 1 saturated heterocycles. The summed E-state index contributed by atoms with van der Waals surface area (Å²) in [6.45, 7) is 9.44. The highest BCUT2D eigenvalue weighted by Crippen LogP contribution is 2.12. The molecule has 1 aromatic heterocycles. The Balaban J connectivity index is 1.80. The molecule has 3 N–H and O–H groups in total. The molecule has 0 aromatic carbocycles. The van der Waals surface area contributed by atoms with Crippen LogP contribution in [0.4, 0.5) is 5.82 Å². The van der Waals surface area contributed by atoms with Crippen LogP contribution in [0.5, 0.6) is 0 Å². The van der Waals surface area contributed by atoms with Crippen LogP contribution in [0, 0.1) is 0 Å². The summed E-state index contributed by atoms with van der Waals surface area (Å²) in [5.74, 6) is 0.582. The first kappa shape index (κ1) is 14.2. The maximum absolute atomic E-state index is 9.83. The Kier molecular flexibility index (Phi) is 4.39. The molecule has 0 unspecified atom stereocenters. The zero-order chi connectivity index (χ0) is 13.9. The average molecular weight is 264 g/mol. The van der Waals surface area contributed by atoms with E-state index in [1.165, 1.54) is 5.56 Å². The minimum atomic E-state index is -0.609. The van der Waals surface area contributed by atoms with Crippen molar-refractivity contribution in [1.82, 2.24) is 14.8 Å². The molecule has 2 heterocycles. The fourth-order valence-corrected chi connectivity index (χ4v) is 2.50. The summed E-state index contributed by atoms with van der Waals surface area (Å²) in [6, 6.07) is 3.95. The van der Waals surface area contributed by atoms with E-state index < -0.39 is 5.60 Å². The number of hydrogen-bond donors (Lipinski definition) is 2. The second-order valence-corrected chi connectivity index (χ2v) is 5.95. The Hall–Kier alpha value is -1.17. The number of anilines is 1. The Morgan fingerprint density at radius 1 is 1.26 bits per heavy atom. The summed E-state index contributed by atoms with van der Waals surface area (Å²) in [4.78, 5) is 8.74. The van der Waals surface area contributed by atoms with Gasteiger partial charge in [-0.2, -0.15) is 0 Å². The maximum atomic E-state index is 9.83. The first-order chi connectivity index (χ1) is 8.92. The highest BCUT2D eigenvalue weighted by molar-refractivity contribution is 5.31. The number of hydrogen-bond acceptors (Lipinski definition) is 5. The van der Waals surface area contributed by atoms with Crippen LogP contribution in [0.15, 0.2) is 18.3 Å². The highest BCUT2D eigenvalue weighted by atomic mass is 16.3. The van der Waals surface area contributed by atoms with Crippen molar-refractivity contribution in [2.75, 3.05) is 38.5 Å². The van der Waals surface area contributed by atoms with Crippen LogP contribution < -0.4 is 5.73 Å². The number of nitrogen functional groups attached to an aromatic ring is 1. The zero-order valence-electron chi connectivity index (χ0n) is 11.8. The van der Waals surface area contributed by atoms with Crippen molar-refractivity contribution in [3.05, 3.63) is 23.9 Å². The molecule has 0 aliphatic carbocycles. The lowest BCUT2D eigenvalue weighted by molar-refractivity contribution is 0.0167. The van der Waals surface area contributed by atoms with Gasteiger partial charge in [-0.15, -0.1) is 0 Å². The zero-order valence-corrected chi connectivity index (χ0v) is 11.8. The quantitative estimate of drug-likeness (QED) is 0.831. The third kappa shape index (κ3) is 4.78. The molecule has 0 atom stereocenters.